The van der Waals surface area contributed by atoms with Crippen molar-refractivity contribution < 1.29 is 18.7 Å². The molecule has 0 aromatic heterocycles. The molecule has 2 aromatic rings. The number of hydrogen-bond acceptors (Lipinski definition) is 3. The van der Waals surface area contributed by atoms with Gasteiger partial charge >= 0.3 is 0 Å². The van der Waals surface area contributed by atoms with Crippen LogP contribution in [-0.2, 0) is 14.3 Å². The van der Waals surface area contributed by atoms with E-state index in [2.05, 4.69) is 0 Å². The summed E-state index contributed by atoms with van der Waals surface area (Å²) in [6.07, 6.45) is 4.53. The number of likely N-dealkylation sites (tertiary alicyclic amines) is 1. The van der Waals surface area contributed by atoms with Gasteiger partial charge < -0.3 is 14.5 Å². The molecule has 2 amide bonds. The molecular weight excluding hydrogens is 395 g/mol. The Morgan fingerprint density at radius 3 is 2.35 bits per heavy atom. The van der Waals surface area contributed by atoms with E-state index < -0.39 is 0 Å². The molecule has 2 fully saturated rings. The molecule has 2 aliphatic heterocycles. The quantitative estimate of drug-likeness (QED) is 0.707. The summed E-state index contributed by atoms with van der Waals surface area (Å²) in [4.78, 5) is 29.2. The average molecular weight is 423 g/mol. The van der Waals surface area contributed by atoms with E-state index in [0.29, 0.717) is 45.6 Å². The van der Waals surface area contributed by atoms with Crippen LogP contribution in [0.5, 0.6) is 0 Å². The van der Waals surface area contributed by atoms with Crippen LogP contribution < -0.4 is 0 Å². The third-order valence-corrected chi connectivity index (χ3v) is 5.99. The minimum absolute atomic E-state index is 0.0162. The van der Waals surface area contributed by atoms with Crippen molar-refractivity contribution in [2.24, 2.45) is 5.92 Å². The summed E-state index contributed by atoms with van der Waals surface area (Å²) in [5.74, 6) is -0.249. The molecule has 2 saturated heterocycles. The number of amides is 2. The number of rotatable bonds is 4. The lowest BCUT2D eigenvalue weighted by atomic mass is 9.94. The third kappa shape index (κ3) is 5.39. The van der Waals surface area contributed by atoms with Crippen molar-refractivity contribution in [1.82, 2.24) is 9.80 Å². The van der Waals surface area contributed by atoms with Gasteiger partial charge in [-0.15, -0.1) is 0 Å². The van der Waals surface area contributed by atoms with Crippen molar-refractivity contribution in [3.63, 3.8) is 0 Å². The topological polar surface area (TPSA) is 49.9 Å². The Kier molecular flexibility index (Phi) is 6.77. The molecule has 2 heterocycles. The second-order valence-corrected chi connectivity index (χ2v) is 8.04. The number of carbonyl (C=O) groups excluding carboxylic acids is 2. The summed E-state index contributed by atoms with van der Waals surface area (Å²) in [5.41, 5.74) is 1.87. The monoisotopic (exact) mass is 422 g/mol. The zero-order chi connectivity index (χ0) is 21.6. The van der Waals surface area contributed by atoms with Crippen molar-refractivity contribution in [2.75, 3.05) is 32.8 Å². The molecule has 0 spiro atoms. The van der Waals surface area contributed by atoms with Crippen LogP contribution in [0, 0.1) is 11.7 Å². The number of ether oxygens (including phenoxy) is 1. The van der Waals surface area contributed by atoms with E-state index in [-0.39, 0.29) is 29.7 Å². The fraction of sp³-hybridized carbons (Fsp3) is 0.360. The van der Waals surface area contributed by atoms with Gasteiger partial charge in [-0.25, -0.2) is 4.39 Å². The minimum atomic E-state index is -0.285. The molecule has 162 valence electrons. The molecule has 0 bridgehead atoms. The summed E-state index contributed by atoms with van der Waals surface area (Å²) in [7, 11) is 0. The molecule has 4 rings (SSSR count). The van der Waals surface area contributed by atoms with Crippen LogP contribution in [-0.4, -0.2) is 54.4 Å². The van der Waals surface area contributed by atoms with Crippen LogP contribution in [0.3, 0.4) is 0 Å². The number of carbonyl (C=O) groups is 2. The van der Waals surface area contributed by atoms with Crippen LogP contribution in [0.4, 0.5) is 4.39 Å². The van der Waals surface area contributed by atoms with Gasteiger partial charge in [0.25, 0.3) is 0 Å². The highest BCUT2D eigenvalue weighted by molar-refractivity contribution is 5.92. The van der Waals surface area contributed by atoms with Gasteiger partial charge in [0.15, 0.2) is 0 Å². The Balaban J connectivity index is 1.29. The minimum Gasteiger partial charge on any atom is -0.370 e. The Bertz CT molecular complexity index is 922. The van der Waals surface area contributed by atoms with E-state index in [4.69, 9.17) is 4.74 Å². The van der Waals surface area contributed by atoms with Crippen LogP contribution >= 0.6 is 0 Å². The van der Waals surface area contributed by atoms with Crippen LogP contribution in [0.2, 0.25) is 0 Å². The lowest BCUT2D eigenvalue weighted by Gasteiger charge is -2.37. The molecule has 5 nitrogen and oxygen atoms in total. The second kappa shape index (κ2) is 9.88. The number of halogens is 1. The Hall–Kier alpha value is -2.99. The van der Waals surface area contributed by atoms with E-state index in [1.54, 1.807) is 18.2 Å². The van der Waals surface area contributed by atoms with Gasteiger partial charge in [0.1, 0.15) is 11.9 Å². The van der Waals surface area contributed by atoms with Crippen LogP contribution in [0.15, 0.2) is 60.7 Å². The van der Waals surface area contributed by atoms with Gasteiger partial charge in [-0.1, -0.05) is 42.5 Å². The Morgan fingerprint density at radius 2 is 1.65 bits per heavy atom. The highest BCUT2D eigenvalue weighted by atomic mass is 19.1. The van der Waals surface area contributed by atoms with E-state index in [9.17, 15) is 14.0 Å². The van der Waals surface area contributed by atoms with Gasteiger partial charge in [-0.2, -0.15) is 0 Å². The van der Waals surface area contributed by atoms with Crippen molar-refractivity contribution in [2.45, 2.75) is 18.9 Å². The summed E-state index contributed by atoms with van der Waals surface area (Å²) < 4.78 is 19.0. The van der Waals surface area contributed by atoms with Gasteiger partial charge in [0, 0.05) is 31.6 Å². The molecule has 2 aliphatic rings. The van der Waals surface area contributed by atoms with Crippen molar-refractivity contribution in [1.29, 1.82) is 0 Å². The third-order valence-electron chi connectivity index (χ3n) is 5.99. The summed E-state index contributed by atoms with van der Waals surface area (Å²) in [6.45, 7) is 2.68. The first-order chi connectivity index (χ1) is 15.1. The van der Waals surface area contributed by atoms with Gasteiger partial charge in [0.05, 0.1) is 13.2 Å². The molecule has 31 heavy (non-hydrogen) atoms. The first kappa shape index (κ1) is 21.2. The lowest BCUT2D eigenvalue weighted by molar-refractivity contribution is -0.146. The van der Waals surface area contributed by atoms with Crippen molar-refractivity contribution in [3.8, 4) is 0 Å². The maximum absolute atomic E-state index is 13.2. The van der Waals surface area contributed by atoms with Crippen LogP contribution in [0.25, 0.3) is 6.08 Å². The molecule has 1 atom stereocenters. The number of nitrogens with zero attached hydrogens (tertiary/aromatic N) is 2. The van der Waals surface area contributed by atoms with Crippen molar-refractivity contribution in [3.05, 3.63) is 77.6 Å². The molecule has 0 radical (unpaired) electrons. The zero-order valence-electron chi connectivity index (χ0n) is 17.5. The van der Waals surface area contributed by atoms with Gasteiger partial charge in [0.2, 0.25) is 11.8 Å². The largest absolute Gasteiger partial charge is 0.370 e. The van der Waals surface area contributed by atoms with E-state index in [1.807, 2.05) is 46.2 Å². The van der Waals surface area contributed by atoms with E-state index in [0.717, 1.165) is 11.1 Å². The molecular formula is C25H27FN2O3. The predicted molar refractivity (Wildman–Crippen MR) is 116 cm³/mol. The standard InChI is InChI=1S/C25H27FN2O3/c26-22-9-7-20(8-10-22)23-18-28(16-17-31-23)25(30)21-12-14-27(15-13-21)24(29)11-6-19-4-2-1-3-5-19/h1-11,21,23H,12-18H2/b11-6+. The lowest BCUT2D eigenvalue weighted by Crippen LogP contribution is -2.48. The van der Waals surface area contributed by atoms with Gasteiger partial charge in [-0.05, 0) is 42.2 Å². The number of hydrogen-bond donors (Lipinski definition) is 0. The summed E-state index contributed by atoms with van der Waals surface area (Å²) >= 11 is 0. The highest BCUT2D eigenvalue weighted by Crippen LogP contribution is 2.26. The zero-order valence-corrected chi connectivity index (χ0v) is 17.5. The van der Waals surface area contributed by atoms with E-state index >= 15 is 0 Å². The summed E-state index contributed by atoms with van der Waals surface area (Å²) in [5, 5.41) is 0. The number of morpholine rings is 1. The highest BCUT2D eigenvalue weighted by Gasteiger charge is 2.32. The molecule has 2 aromatic carbocycles. The maximum Gasteiger partial charge on any atom is 0.246 e. The first-order valence-corrected chi connectivity index (χ1v) is 10.8. The Labute approximate surface area is 182 Å². The second-order valence-electron chi connectivity index (χ2n) is 8.04. The predicted octanol–water partition coefficient (Wildman–Crippen LogP) is 3.68. The van der Waals surface area contributed by atoms with Crippen LogP contribution in [0.1, 0.15) is 30.1 Å². The molecule has 0 N–H and O–H groups in total. The number of piperidine rings is 1. The number of benzene rings is 2. The normalized spacial score (nSPS) is 20.2. The van der Waals surface area contributed by atoms with Crippen molar-refractivity contribution >= 4 is 17.9 Å². The molecule has 6 heteroatoms. The molecule has 0 saturated carbocycles. The smallest absolute Gasteiger partial charge is 0.246 e. The fourth-order valence-electron chi connectivity index (χ4n) is 4.17. The Morgan fingerprint density at radius 1 is 0.935 bits per heavy atom. The average Bonchev–Trinajstić information content (AvgIpc) is 2.83. The summed E-state index contributed by atoms with van der Waals surface area (Å²) in [6, 6.07) is 16.0. The SMILES string of the molecule is O=C(/C=C/c1ccccc1)N1CCC(C(=O)N2CCOC(c3ccc(F)cc3)C2)CC1. The maximum atomic E-state index is 13.2. The van der Waals surface area contributed by atoms with Gasteiger partial charge in [-0.3, -0.25) is 9.59 Å². The molecule has 0 aliphatic carbocycles. The first-order valence-electron chi connectivity index (χ1n) is 10.8. The molecule has 1 unspecified atom stereocenters. The van der Waals surface area contributed by atoms with E-state index in [1.165, 1.54) is 12.1 Å². The fourth-order valence-corrected chi connectivity index (χ4v) is 4.17.